The SMILES string of the molecule is COc1ccc(CNC(=O)c2cc(-c3c(CO)ccc[n+]3O)ccc2OCC2CC2)cc1F. The lowest BCUT2D eigenvalue weighted by Crippen LogP contribution is -2.33. The highest BCUT2D eigenvalue weighted by Gasteiger charge is 2.25. The van der Waals surface area contributed by atoms with Gasteiger partial charge in [0.1, 0.15) is 5.75 Å². The molecule has 0 spiro atoms. The first kappa shape index (κ1) is 22.5. The number of hydrogen-bond acceptors (Lipinski definition) is 5. The minimum absolute atomic E-state index is 0.110. The Morgan fingerprint density at radius 1 is 1.18 bits per heavy atom. The molecule has 1 saturated carbocycles. The van der Waals surface area contributed by atoms with E-state index in [1.807, 2.05) is 0 Å². The third-order valence-electron chi connectivity index (χ3n) is 5.57. The van der Waals surface area contributed by atoms with E-state index in [4.69, 9.17) is 9.47 Å². The molecule has 172 valence electrons. The zero-order chi connectivity index (χ0) is 23.4. The number of rotatable bonds is 9. The summed E-state index contributed by atoms with van der Waals surface area (Å²) in [7, 11) is 1.39. The van der Waals surface area contributed by atoms with Gasteiger partial charge in [0.2, 0.25) is 6.20 Å². The van der Waals surface area contributed by atoms with E-state index < -0.39 is 11.7 Å². The van der Waals surface area contributed by atoms with Crippen LogP contribution in [0.1, 0.15) is 34.3 Å². The number of aliphatic hydroxyl groups excluding tert-OH is 1. The minimum Gasteiger partial charge on any atom is -0.494 e. The molecular weight excluding hydrogens is 427 g/mol. The summed E-state index contributed by atoms with van der Waals surface area (Å²) in [4.78, 5) is 13.1. The molecule has 0 atom stereocenters. The number of aromatic nitrogens is 1. The molecule has 1 aromatic heterocycles. The second-order valence-electron chi connectivity index (χ2n) is 8.00. The molecule has 0 aliphatic heterocycles. The van der Waals surface area contributed by atoms with E-state index in [0.717, 1.165) is 17.6 Å². The first-order valence-electron chi connectivity index (χ1n) is 10.7. The van der Waals surface area contributed by atoms with Gasteiger partial charge in [-0.25, -0.2) is 4.39 Å². The summed E-state index contributed by atoms with van der Waals surface area (Å²) < 4.78 is 25.7. The average Bonchev–Trinajstić information content (AvgIpc) is 3.65. The lowest BCUT2D eigenvalue weighted by atomic mass is 10.0. The predicted octanol–water partition coefficient (Wildman–Crippen LogP) is 3.24. The molecule has 1 aliphatic carbocycles. The van der Waals surface area contributed by atoms with Crippen molar-refractivity contribution in [3.63, 3.8) is 0 Å². The Labute approximate surface area is 191 Å². The quantitative estimate of drug-likeness (QED) is 0.342. The molecule has 3 N–H and O–H groups in total. The number of ether oxygens (including phenoxy) is 2. The van der Waals surface area contributed by atoms with Crippen LogP contribution in [-0.2, 0) is 13.2 Å². The first-order valence-corrected chi connectivity index (χ1v) is 10.7. The maximum Gasteiger partial charge on any atom is 0.269 e. The monoisotopic (exact) mass is 453 g/mol. The number of amides is 1. The molecule has 1 heterocycles. The van der Waals surface area contributed by atoms with Crippen LogP contribution in [0.3, 0.4) is 0 Å². The summed E-state index contributed by atoms with van der Waals surface area (Å²) in [5.74, 6) is 0.152. The summed E-state index contributed by atoms with van der Waals surface area (Å²) >= 11 is 0. The number of hydrogen-bond donors (Lipinski definition) is 3. The Kier molecular flexibility index (Phi) is 6.74. The zero-order valence-electron chi connectivity index (χ0n) is 18.3. The van der Waals surface area contributed by atoms with Crippen LogP contribution in [0.4, 0.5) is 4.39 Å². The maximum absolute atomic E-state index is 14.0. The summed E-state index contributed by atoms with van der Waals surface area (Å²) in [5, 5.41) is 22.8. The van der Waals surface area contributed by atoms with Gasteiger partial charge in [-0.2, -0.15) is 0 Å². The molecule has 1 aliphatic rings. The zero-order valence-corrected chi connectivity index (χ0v) is 18.3. The minimum atomic E-state index is -0.507. The molecule has 3 aromatic rings. The van der Waals surface area contributed by atoms with Gasteiger partial charge in [-0.15, -0.1) is 0 Å². The highest BCUT2D eigenvalue weighted by Crippen LogP contribution is 2.32. The molecule has 1 fully saturated rings. The van der Waals surface area contributed by atoms with Crippen LogP contribution in [-0.4, -0.2) is 29.9 Å². The molecule has 0 unspecified atom stereocenters. The Hall–Kier alpha value is -3.65. The van der Waals surface area contributed by atoms with Gasteiger partial charge in [-0.3, -0.25) is 10.0 Å². The van der Waals surface area contributed by atoms with Gasteiger partial charge < -0.3 is 19.9 Å². The maximum atomic E-state index is 14.0. The Morgan fingerprint density at radius 3 is 2.67 bits per heavy atom. The lowest BCUT2D eigenvalue weighted by Gasteiger charge is -2.13. The molecular formula is C25H26FN2O5+. The second kappa shape index (κ2) is 9.87. The number of carbonyl (C=O) groups excluding carboxylic acids is 1. The number of nitrogens with one attached hydrogen (secondary N) is 1. The Bertz CT molecular complexity index is 1160. The van der Waals surface area contributed by atoms with Crippen LogP contribution in [0.15, 0.2) is 54.7 Å². The molecule has 0 saturated heterocycles. The molecule has 8 heteroatoms. The van der Waals surface area contributed by atoms with Crippen LogP contribution >= 0.6 is 0 Å². The Balaban J connectivity index is 1.61. The van der Waals surface area contributed by atoms with Gasteiger partial charge in [0.15, 0.2) is 11.6 Å². The Morgan fingerprint density at radius 2 is 1.97 bits per heavy atom. The van der Waals surface area contributed by atoms with Gasteiger partial charge in [0.25, 0.3) is 11.6 Å². The van der Waals surface area contributed by atoms with Crippen LogP contribution < -0.4 is 19.5 Å². The number of methoxy groups -OCH3 is 1. The number of benzene rings is 2. The third-order valence-corrected chi connectivity index (χ3v) is 5.57. The normalized spacial score (nSPS) is 12.9. The van der Waals surface area contributed by atoms with Crippen LogP contribution in [0.25, 0.3) is 11.3 Å². The van der Waals surface area contributed by atoms with E-state index in [-0.39, 0.29) is 24.5 Å². The van der Waals surface area contributed by atoms with Gasteiger partial charge in [-0.05, 0) is 60.7 Å². The van der Waals surface area contributed by atoms with Crippen molar-refractivity contribution in [2.24, 2.45) is 5.92 Å². The van der Waals surface area contributed by atoms with Crippen molar-refractivity contribution >= 4 is 5.91 Å². The van der Waals surface area contributed by atoms with E-state index in [0.29, 0.717) is 40.7 Å². The van der Waals surface area contributed by atoms with Gasteiger partial charge >= 0.3 is 0 Å². The summed E-state index contributed by atoms with van der Waals surface area (Å²) in [6, 6.07) is 12.8. The lowest BCUT2D eigenvalue weighted by molar-refractivity contribution is -0.896. The van der Waals surface area contributed by atoms with Crippen LogP contribution in [0.5, 0.6) is 11.5 Å². The van der Waals surface area contributed by atoms with Crippen LogP contribution in [0.2, 0.25) is 0 Å². The fraction of sp³-hybridized carbons (Fsp3) is 0.280. The highest BCUT2D eigenvalue weighted by molar-refractivity contribution is 5.98. The topological polar surface area (TPSA) is 91.9 Å². The molecule has 4 rings (SSSR count). The highest BCUT2D eigenvalue weighted by atomic mass is 19.1. The van der Waals surface area contributed by atoms with E-state index in [2.05, 4.69) is 5.32 Å². The van der Waals surface area contributed by atoms with Crippen molar-refractivity contribution in [1.29, 1.82) is 0 Å². The standard InChI is InChI=1S/C25H25FN2O5/c1-32-23-8-6-17(11-21(23)26)13-27-25(30)20-12-18(7-9-22(20)33-15-16-4-5-16)24-19(14-29)3-2-10-28(24)31/h2-3,6-12,16,29H,4-5,13-15H2,1H3,(H-,27,30,31)/p+1. The fourth-order valence-electron chi connectivity index (χ4n) is 3.56. The summed E-state index contributed by atoms with van der Waals surface area (Å²) in [5.41, 5.74) is 2.29. The number of aliphatic hydroxyl groups is 1. The number of pyridine rings is 1. The molecule has 0 radical (unpaired) electrons. The number of carbonyl (C=O) groups is 1. The first-order chi connectivity index (χ1) is 16.0. The molecule has 7 nitrogen and oxygen atoms in total. The predicted molar refractivity (Wildman–Crippen MR) is 118 cm³/mol. The smallest absolute Gasteiger partial charge is 0.269 e. The largest absolute Gasteiger partial charge is 0.494 e. The van der Waals surface area contributed by atoms with Crippen molar-refractivity contribution < 1.29 is 33.7 Å². The number of nitrogens with zero attached hydrogens (tertiary/aromatic N) is 1. The van der Waals surface area contributed by atoms with E-state index in [9.17, 15) is 19.5 Å². The van der Waals surface area contributed by atoms with Crippen molar-refractivity contribution in [2.75, 3.05) is 13.7 Å². The molecule has 2 aromatic carbocycles. The average molecular weight is 453 g/mol. The third kappa shape index (κ3) is 5.23. The fourth-order valence-corrected chi connectivity index (χ4v) is 3.56. The molecule has 0 bridgehead atoms. The summed E-state index contributed by atoms with van der Waals surface area (Å²) in [6.45, 7) is 0.358. The van der Waals surface area contributed by atoms with Crippen molar-refractivity contribution in [3.05, 3.63) is 77.2 Å². The van der Waals surface area contributed by atoms with Crippen molar-refractivity contribution in [3.8, 4) is 22.8 Å². The van der Waals surface area contributed by atoms with E-state index >= 15 is 0 Å². The van der Waals surface area contributed by atoms with E-state index in [1.165, 1.54) is 25.4 Å². The van der Waals surface area contributed by atoms with Gasteiger partial charge in [0, 0.05) is 17.3 Å². The van der Waals surface area contributed by atoms with Crippen molar-refractivity contribution in [1.82, 2.24) is 5.32 Å². The second-order valence-corrected chi connectivity index (χ2v) is 8.00. The van der Waals surface area contributed by atoms with Gasteiger partial charge in [0.05, 0.1) is 37.0 Å². The number of halogens is 1. The molecule has 33 heavy (non-hydrogen) atoms. The van der Waals surface area contributed by atoms with Crippen LogP contribution in [0, 0.1) is 11.7 Å². The van der Waals surface area contributed by atoms with E-state index in [1.54, 1.807) is 36.4 Å². The van der Waals surface area contributed by atoms with Gasteiger partial charge in [-0.1, -0.05) is 6.07 Å². The van der Waals surface area contributed by atoms with Crippen molar-refractivity contribution in [2.45, 2.75) is 26.0 Å². The molecule has 1 amide bonds. The summed E-state index contributed by atoms with van der Waals surface area (Å²) in [6.07, 6.45) is 3.66.